The van der Waals surface area contributed by atoms with Gasteiger partial charge < -0.3 is 15.0 Å². The van der Waals surface area contributed by atoms with Gasteiger partial charge in [0.2, 0.25) is 0 Å². The van der Waals surface area contributed by atoms with E-state index in [0.29, 0.717) is 42.4 Å². The van der Waals surface area contributed by atoms with Crippen molar-refractivity contribution in [1.82, 2.24) is 20.1 Å². The van der Waals surface area contributed by atoms with Crippen LogP contribution >= 0.6 is 0 Å². The third-order valence-corrected chi connectivity index (χ3v) is 7.22. The zero-order chi connectivity index (χ0) is 26.4. The number of ether oxygens (including phenoxy) is 1. The average molecular weight is 516 g/mol. The zero-order valence-corrected chi connectivity index (χ0v) is 21.2. The van der Waals surface area contributed by atoms with Crippen LogP contribution < -0.4 is 10.2 Å². The molecule has 1 amide bonds. The molecule has 2 aliphatic heterocycles. The number of aryl methyl sites for hydroxylation is 2. The van der Waals surface area contributed by atoms with E-state index in [2.05, 4.69) is 22.6 Å². The molecule has 0 radical (unpaired) electrons. The van der Waals surface area contributed by atoms with Crippen LogP contribution in [-0.2, 0) is 18.2 Å². The van der Waals surface area contributed by atoms with E-state index in [0.717, 1.165) is 40.3 Å². The zero-order valence-electron chi connectivity index (χ0n) is 21.2. The van der Waals surface area contributed by atoms with Crippen LogP contribution in [0.2, 0.25) is 0 Å². The molecule has 7 nitrogen and oxygen atoms in total. The number of alkyl halides is 2. The monoisotopic (exact) mass is 515 g/mol. The lowest BCUT2D eigenvalue weighted by Gasteiger charge is -2.33. The van der Waals surface area contributed by atoms with Gasteiger partial charge in [-0.1, -0.05) is 18.2 Å². The van der Waals surface area contributed by atoms with Gasteiger partial charge in [-0.25, -0.2) is 13.8 Å². The van der Waals surface area contributed by atoms with Crippen LogP contribution in [0.1, 0.15) is 40.0 Å². The van der Waals surface area contributed by atoms with E-state index in [-0.39, 0.29) is 17.2 Å². The first-order valence-electron chi connectivity index (χ1n) is 12.6. The van der Waals surface area contributed by atoms with Crippen LogP contribution in [0.5, 0.6) is 0 Å². The highest BCUT2D eigenvalue weighted by Gasteiger charge is 2.27. The molecule has 6 rings (SSSR count). The summed E-state index contributed by atoms with van der Waals surface area (Å²) < 4.78 is 35.9. The van der Waals surface area contributed by atoms with Crippen molar-refractivity contribution < 1.29 is 18.3 Å². The van der Waals surface area contributed by atoms with Gasteiger partial charge in [-0.2, -0.15) is 5.10 Å². The first-order valence-corrected chi connectivity index (χ1v) is 12.6. The second-order valence-electron chi connectivity index (χ2n) is 9.62. The summed E-state index contributed by atoms with van der Waals surface area (Å²) in [5, 5.41) is 8.53. The molecule has 194 valence electrons. The number of hydrogen-bond acceptors (Lipinski definition) is 5. The molecule has 0 unspecified atom stereocenters. The minimum atomic E-state index is -2.66. The predicted octanol–water partition coefficient (Wildman–Crippen LogP) is 5.43. The van der Waals surface area contributed by atoms with Gasteiger partial charge >= 0.3 is 0 Å². The lowest BCUT2D eigenvalue weighted by atomic mass is 9.92. The Morgan fingerprint density at radius 1 is 1.16 bits per heavy atom. The summed E-state index contributed by atoms with van der Waals surface area (Å²) in [5.74, 6) is 0.277. The number of hydrogen-bond donors (Lipinski definition) is 1. The third-order valence-electron chi connectivity index (χ3n) is 7.22. The van der Waals surface area contributed by atoms with Crippen LogP contribution in [0.25, 0.3) is 27.5 Å². The molecular weight excluding hydrogens is 488 g/mol. The fourth-order valence-electron chi connectivity index (χ4n) is 5.33. The molecule has 0 spiro atoms. The van der Waals surface area contributed by atoms with E-state index in [1.165, 1.54) is 0 Å². The normalized spacial score (nSPS) is 15.2. The number of fused-ring (bicyclic) bond motifs is 2. The van der Waals surface area contributed by atoms with Crippen molar-refractivity contribution in [3.63, 3.8) is 0 Å². The van der Waals surface area contributed by atoms with Gasteiger partial charge in [-0.05, 0) is 64.8 Å². The van der Waals surface area contributed by atoms with Crippen molar-refractivity contribution in [2.45, 2.75) is 19.3 Å². The summed E-state index contributed by atoms with van der Waals surface area (Å²) in [5.41, 5.74) is 5.13. The molecule has 2 aromatic heterocycles. The number of halogens is 2. The molecule has 0 aliphatic carbocycles. The van der Waals surface area contributed by atoms with Crippen molar-refractivity contribution in [2.75, 3.05) is 31.7 Å². The number of carbonyl (C=O) groups excluding carboxylic acids is 1. The number of anilines is 2. The van der Waals surface area contributed by atoms with Gasteiger partial charge in [0, 0.05) is 49.0 Å². The molecule has 1 N–H and O–H groups in total. The van der Waals surface area contributed by atoms with E-state index >= 15 is 0 Å². The fraction of sp³-hybridized carbons (Fsp3) is 0.276. The van der Waals surface area contributed by atoms with Gasteiger partial charge in [0.25, 0.3) is 12.3 Å². The smallest absolute Gasteiger partial charge is 0.269 e. The number of pyridine rings is 1. The lowest BCUT2D eigenvalue weighted by Crippen LogP contribution is -2.27. The van der Waals surface area contributed by atoms with E-state index in [1.54, 1.807) is 43.3 Å². The SMILES string of the molecule is CNC(=O)c1cc2ccc(C3=CCOC3)cc2c(N2CCCc3cc(-c4cnn(C)c4)c(C(F)F)cc32)n1. The predicted molar refractivity (Wildman–Crippen MR) is 143 cm³/mol. The summed E-state index contributed by atoms with van der Waals surface area (Å²) in [6.07, 6.45) is 4.32. The van der Waals surface area contributed by atoms with E-state index in [9.17, 15) is 13.6 Å². The molecule has 0 fully saturated rings. The maximum Gasteiger partial charge on any atom is 0.269 e. The van der Waals surface area contributed by atoms with Crippen molar-refractivity contribution in [1.29, 1.82) is 0 Å². The lowest BCUT2D eigenvalue weighted by molar-refractivity contribution is 0.0958. The molecule has 2 aromatic carbocycles. The fourth-order valence-corrected chi connectivity index (χ4v) is 5.33. The summed E-state index contributed by atoms with van der Waals surface area (Å²) in [6, 6.07) is 11.2. The maximum atomic E-state index is 14.4. The summed E-state index contributed by atoms with van der Waals surface area (Å²) >= 11 is 0. The second kappa shape index (κ2) is 9.64. The first-order chi connectivity index (χ1) is 18.4. The number of nitrogens with one attached hydrogen (secondary N) is 1. The van der Waals surface area contributed by atoms with Crippen molar-refractivity contribution in [3.8, 4) is 11.1 Å². The third kappa shape index (κ3) is 4.22. The minimum absolute atomic E-state index is 0.0515. The standard InChI is InChI=1S/C29H27F2N5O2/c1-32-29(37)25-12-18-6-5-17(20-7-9-38-16-20)10-23(18)28(34-25)36-8-3-4-19-11-22(21-14-33-35(2)15-21)24(27(30)31)13-26(19)36/h5-7,10-15,27H,3-4,8-9,16H2,1-2H3,(H,32,37). The van der Waals surface area contributed by atoms with Crippen molar-refractivity contribution >= 4 is 33.8 Å². The number of benzene rings is 2. The first kappa shape index (κ1) is 24.2. The highest BCUT2D eigenvalue weighted by atomic mass is 19.3. The van der Waals surface area contributed by atoms with Crippen molar-refractivity contribution in [3.05, 3.63) is 77.3 Å². The van der Waals surface area contributed by atoms with Gasteiger partial charge in [0.05, 0.1) is 19.4 Å². The van der Waals surface area contributed by atoms with Crippen LogP contribution in [-0.4, -0.2) is 47.5 Å². The summed E-state index contributed by atoms with van der Waals surface area (Å²) in [4.78, 5) is 19.4. The highest BCUT2D eigenvalue weighted by molar-refractivity contribution is 6.02. The Bertz CT molecular complexity index is 1590. The van der Waals surface area contributed by atoms with E-state index in [4.69, 9.17) is 9.72 Å². The summed E-state index contributed by atoms with van der Waals surface area (Å²) in [7, 11) is 3.33. The molecule has 9 heteroatoms. The van der Waals surface area contributed by atoms with Crippen LogP contribution in [0, 0.1) is 0 Å². The average Bonchev–Trinajstić information content (AvgIpc) is 3.63. The van der Waals surface area contributed by atoms with Crippen LogP contribution in [0.15, 0.2) is 54.9 Å². The maximum absolute atomic E-state index is 14.4. The highest BCUT2D eigenvalue weighted by Crippen LogP contribution is 2.42. The summed E-state index contributed by atoms with van der Waals surface area (Å²) in [6.45, 7) is 1.70. The number of aromatic nitrogens is 3. The molecule has 38 heavy (non-hydrogen) atoms. The quantitative estimate of drug-likeness (QED) is 0.384. The van der Waals surface area contributed by atoms with Gasteiger partial charge in [-0.3, -0.25) is 9.48 Å². The van der Waals surface area contributed by atoms with Gasteiger partial charge in [-0.15, -0.1) is 0 Å². The Labute approximate surface area is 218 Å². The van der Waals surface area contributed by atoms with Crippen LogP contribution in [0.4, 0.5) is 20.3 Å². The number of carbonyl (C=O) groups is 1. The number of nitrogens with zero attached hydrogens (tertiary/aromatic N) is 4. The second-order valence-corrected chi connectivity index (χ2v) is 9.62. The van der Waals surface area contributed by atoms with Gasteiger partial charge in [0.15, 0.2) is 0 Å². The molecule has 0 atom stereocenters. The Kier molecular flexibility index (Phi) is 6.15. The molecule has 0 bridgehead atoms. The Morgan fingerprint density at radius 2 is 2.03 bits per heavy atom. The van der Waals surface area contributed by atoms with Crippen LogP contribution in [0.3, 0.4) is 0 Å². The Hall–Kier alpha value is -4.11. The number of amides is 1. The number of rotatable bonds is 5. The molecule has 0 saturated carbocycles. The molecular formula is C29H27F2N5O2. The topological polar surface area (TPSA) is 72.3 Å². The minimum Gasteiger partial charge on any atom is -0.373 e. The Morgan fingerprint density at radius 3 is 2.74 bits per heavy atom. The Balaban J connectivity index is 1.55. The van der Waals surface area contributed by atoms with Gasteiger partial charge in [0.1, 0.15) is 11.5 Å². The van der Waals surface area contributed by atoms with E-state index < -0.39 is 6.43 Å². The van der Waals surface area contributed by atoms with E-state index in [1.807, 2.05) is 23.1 Å². The molecule has 4 heterocycles. The van der Waals surface area contributed by atoms with Crippen molar-refractivity contribution in [2.24, 2.45) is 7.05 Å². The molecule has 2 aliphatic rings. The molecule has 4 aromatic rings. The largest absolute Gasteiger partial charge is 0.373 e. The molecule has 0 saturated heterocycles.